The molecule has 3 saturated heterocycles. The van der Waals surface area contributed by atoms with Gasteiger partial charge in [0.05, 0.1) is 29.5 Å². The molecule has 0 bridgehead atoms. The molecule has 190 valence electrons. The number of hydrazine groups is 1. The van der Waals surface area contributed by atoms with E-state index in [1.54, 1.807) is 5.01 Å². The van der Waals surface area contributed by atoms with E-state index in [1.807, 2.05) is 84.4 Å². The number of piperidine rings is 1. The second-order valence-electron chi connectivity index (χ2n) is 10.1. The van der Waals surface area contributed by atoms with Gasteiger partial charge in [-0.3, -0.25) is 14.4 Å². The fourth-order valence-corrected chi connectivity index (χ4v) is 5.89. The summed E-state index contributed by atoms with van der Waals surface area (Å²) >= 11 is 0. The van der Waals surface area contributed by atoms with Crippen molar-refractivity contribution in [3.05, 3.63) is 66.2 Å². The highest BCUT2D eigenvalue weighted by molar-refractivity contribution is 5.98. The average Bonchev–Trinajstić information content (AvgIpc) is 3.25. The minimum atomic E-state index is -0.318. The maximum atomic E-state index is 13.7. The topological polar surface area (TPSA) is 76.2 Å². The third kappa shape index (κ3) is 4.63. The van der Waals surface area contributed by atoms with Gasteiger partial charge in [0.1, 0.15) is 0 Å². The Morgan fingerprint density at radius 3 is 2.17 bits per heavy atom. The van der Waals surface area contributed by atoms with Crippen molar-refractivity contribution in [1.29, 1.82) is 0 Å². The highest BCUT2D eigenvalue weighted by atomic mass is 16.2. The van der Waals surface area contributed by atoms with Gasteiger partial charge in [0.25, 0.3) is 0 Å². The molecule has 5 rings (SSSR count). The maximum Gasteiger partial charge on any atom is 0.247 e. The zero-order valence-electron chi connectivity index (χ0n) is 21.0. The second kappa shape index (κ2) is 10.4. The van der Waals surface area contributed by atoms with Crippen molar-refractivity contribution in [1.82, 2.24) is 20.1 Å². The fourth-order valence-electron chi connectivity index (χ4n) is 5.89. The van der Waals surface area contributed by atoms with E-state index in [2.05, 4.69) is 10.3 Å². The zero-order chi connectivity index (χ0) is 25.2. The lowest BCUT2D eigenvalue weighted by atomic mass is 9.84. The van der Waals surface area contributed by atoms with Crippen molar-refractivity contribution in [3.8, 4) is 0 Å². The first-order valence-corrected chi connectivity index (χ1v) is 12.9. The van der Waals surface area contributed by atoms with E-state index >= 15 is 0 Å². The second-order valence-corrected chi connectivity index (χ2v) is 10.1. The number of carbonyl (C=O) groups excluding carboxylic acids is 3. The lowest BCUT2D eigenvalue weighted by Gasteiger charge is -2.41. The Bertz CT molecular complexity index is 1090. The van der Waals surface area contributed by atoms with Crippen LogP contribution in [0.2, 0.25) is 0 Å². The molecule has 3 fully saturated rings. The number of piperazine rings is 1. The van der Waals surface area contributed by atoms with Crippen LogP contribution in [0.4, 0.5) is 5.69 Å². The summed E-state index contributed by atoms with van der Waals surface area (Å²) in [6.45, 7) is 5.38. The lowest BCUT2D eigenvalue weighted by molar-refractivity contribution is -0.145. The summed E-state index contributed by atoms with van der Waals surface area (Å²) in [5.41, 5.74) is 5.20. The van der Waals surface area contributed by atoms with Crippen molar-refractivity contribution in [2.24, 2.45) is 11.8 Å². The minimum Gasteiger partial charge on any atom is -0.339 e. The van der Waals surface area contributed by atoms with Crippen molar-refractivity contribution in [2.45, 2.75) is 25.3 Å². The SMILES string of the molecule is CCC(C(=O)N1CCN(C(=O)C2CN(C)CC3C(=O)N(c4ccccc4)NC23)CC1)c1ccccc1. The summed E-state index contributed by atoms with van der Waals surface area (Å²) in [6.07, 6.45) is 0.747. The smallest absolute Gasteiger partial charge is 0.247 e. The van der Waals surface area contributed by atoms with Gasteiger partial charge in [-0.25, -0.2) is 10.4 Å². The number of hydrogen-bond donors (Lipinski definition) is 1. The van der Waals surface area contributed by atoms with Crippen molar-refractivity contribution in [2.75, 3.05) is 51.3 Å². The number of fused-ring (bicyclic) bond motifs is 1. The maximum absolute atomic E-state index is 13.7. The van der Waals surface area contributed by atoms with Gasteiger partial charge in [-0.05, 0) is 31.2 Å². The van der Waals surface area contributed by atoms with E-state index in [0.717, 1.165) is 17.7 Å². The number of amides is 3. The molecule has 36 heavy (non-hydrogen) atoms. The number of rotatable bonds is 5. The fraction of sp³-hybridized carbons (Fsp3) is 0.464. The van der Waals surface area contributed by atoms with Gasteiger partial charge in [0, 0.05) is 39.3 Å². The van der Waals surface area contributed by atoms with E-state index in [4.69, 9.17) is 0 Å². The molecule has 0 spiro atoms. The predicted octanol–water partition coefficient (Wildman–Crippen LogP) is 1.95. The standard InChI is InChI=1S/C28H35N5O3/c1-3-22(20-10-6-4-7-11-20)26(34)31-14-16-32(17-15-31)27(35)23-18-30(2)19-24-25(23)29-33(28(24)36)21-12-8-5-9-13-21/h4-13,22-25,29H,3,14-19H2,1-2H3. The number of para-hydroxylation sites is 1. The minimum absolute atomic E-state index is 0.0116. The summed E-state index contributed by atoms with van der Waals surface area (Å²) in [5, 5.41) is 1.61. The lowest BCUT2D eigenvalue weighted by Crippen LogP contribution is -2.59. The van der Waals surface area contributed by atoms with E-state index in [0.29, 0.717) is 39.3 Å². The van der Waals surface area contributed by atoms with Gasteiger partial charge in [-0.1, -0.05) is 55.5 Å². The predicted molar refractivity (Wildman–Crippen MR) is 138 cm³/mol. The van der Waals surface area contributed by atoms with Gasteiger partial charge in [0.15, 0.2) is 0 Å². The molecule has 2 aromatic carbocycles. The monoisotopic (exact) mass is 489 g/mol. The van der Waals surface area contributed by atoms with Crippen LogP contribution in [0.15, 0.2) is 60.7 Å². The molecule has 0 saturated carbocycles. The van der Waals surface area contributed by atoms with Gasteiger partial charge in [-0.15, -0.1) is 0 Å². The molecule has 4 unspecified atom stereocenters. The number of benzene rings is 2. The molecule has 8 heteroatoms. The first kappa shape index (κ1) is 24.5. The van der Waals surface area contributed by atoms with E-state index in [-0.39, 0.29) is 41.5 Å². The normalized spacial score (nSPS) is 25.6. The van der Waals surface area contributed by atoms with Crippen LogP contribution in [0.3, 0.4) is 0 Å². The molecular weight excluding hydrogens is 454 g/mol. The van der Waals surface area contributed by atoms with Crippen LogP contribution in [0, 0.1) is 11.8 Å². The molecule has 3 aliphatic rings. The van der Waals surface area contributed by atoms with Gasteiger partial charge in [0.2, 0.25) is 17.7 Å². The van der Waals surface area contributed by atoms with Crippen molar-refractivity contribution < 1.29 is 14.4 Å². The van der Waals surface area contributed by atoms with Crippen LogP contribution < -0.4 is 10.4 Å². The molecule has 3 amide bonds. The number of hydrogen-bond acceptors (Lipinski definition) is 5. The summed E-state index contributed by atoms with van der Waals surface area (Å²) in [6, 6.07) is 19.2. The third-order valence-electron chi connectivity index (χ3n) is 7.84. The number of nitrogens with one attached hydrogen (secondary N) is 1. The molecule has 0 aromatic heterocycles. The van der Waals surface area contributed by atoms with Crippen molar-refractivity contribution >= 4 is 23.4 Å². The van der Waals surface area contributed by atoms with Crippen LogP contribution in [-0.2, 0) is 14.4 Å². The number of carbonyl (C=O) groups is 3. The van der Waals surface area contributed by atoms with Crippen LogP contribution in [0.25, 0.3) is 0 Å². The van der Waals surface area contributed by atoms with E-state index in [9.17, 15) is 14.4 Å². The average molecular weight is 490 g/mol. The molecule has 0 radical (unpaired) electrons. The Morgan fingerprint density at radius 1 is 0.917 bits per heavy atom. The molecule has 4 atom stereocenters. The van der Waals surface area contributed by atoms with Gasteiger partial charge < -0.3 is 14.7 Å². The molecule has 3 heterocycles. The largest absolute Gasteiger partial charge is 0.339 e. The Labute approximate surface area is 212 Å². The Balaban J connectivity index is 1.25. The number of likely N-dealkylation sites (tertiary alicyclic amines) is 1. The molecule has 2 aromatic rings. The summed E-state index contributed by atoms with van der Waals surface area (Å²) in [7, 11) is 1.97. The van der Waals surface area contributed by atoms with Crippen LogP contribution in [0.5, 0.6) is 0 Å². The number of anilines is 1. The highest BCUT2D eigenvalue weighted by Crippen LogP contribution is 2.32. The third-order valence-corrected chi connectivity index (χ3v) is 7.84. The summed E-state index contributed by atoms with van der Waals surface area (Å²) < 4.78 is 0. The molecule has 8 nitrogen and oxygen atoms in total. The molecule has 1 N–H and O–H groups in total. The Kier molecular flexibility index (Phi) is 7.07. The van der Waals surface area contributed by atoms with Gasteiger partial charge >= 0.3 is 0 Å². The first-order valence-electron chi connectivity index (χ1n) is 12.9. The zero-order valence-corrected chi connectivity index (χ0v) is 21.0. The Morgan fingerprint density at radius 2 is 1.53 bits per heavy atom. The van der Waals surface area contributed by atoms with E-state index in [1.165, 1.54) is 0 Å². The summed E-state index contributed by atoms with van der Waals surface area (Å²) in [5.74, 6) is -0.529. The van der Waals surface area contributed by atoms with Gasteiger partial charge in [-0.2, -0.15) is 0 Å². The van der Waals surface area contributed by atoms with E-state index < -0.39 is 0 Å². The summed E-state index contributed by atoms with van der Waals surface area (Å²) in [4.78, 5) is 46.1. The van der Waals surface area contributed by atoms with Crippen LogP contribution >= 0.6 is 0 Å². The first-order chi connectivity index (χ1) is 17.5. The molecule has 0 aliphatic carbocycles. The molecule has 3 aliphatic heterocycles. The van der Waals surface area contributed by atoms with Crippen LogP contribution in [0.1, 0.15) is 24.8 Å². The number of nitrogens with zero attached hydrogens (tertiary/aromatic N) is 4. The highest BCUT2D eigenvalue weighted by Gasteiger charge is 2.51. The molecular formula is C28H35N5O3. The quantitative estimate of drug-likeness (QED) is 0.695. The Hall–Kier alpha value is -3.23. The van der Waals surface area contributed by atoms with Crippen LogP contribution in [-0.4, -0.2) is 84.8 Å². The van der Waals surface area contributed by atoms with Crippen molar-refractivity contribution in [3.63, 3.8) is 0 Å².